The maximum Gasteiger partial charge on any atom is 0.248 e. The third-order valence-electron chi connectivity index (χ3n) is 4.68. The predicted molar refractivity (Wildman–Crippen MR) is 89.0 cm³/mol. The van der Waals surface area contributed by atoms with Gasteiger partial charge >= 0.3 is 0 Å². The van der Waals surface area contributed by atoms with Crippen molar-refractivity contribution in [3.8, 4) is 0 Å². The quantitative estimate of drug-likeness (QED) is 0.836. The van der Waals surface area contributed by atoms with E-state index in [4.69, 9.17) is 4.74 Å². The molecule has 22 heavy (non-hydrogen) atoms. The highest BCUT2D eigenvalue weighted by Gasteiger charge is 2.22. The van der Waals surface area contributed by atoms with Crippen molar-refractivity contribution < 1.29 is 9.53 Å². The van der Waals surface area contributed by atoms with E-state index in [1.54, 1.807) is 11.3 Å². The number of hydrogen-bond donors (Lipinski definition) is 0. The minimum atomic E-state index is 0.168. The van der Waals surface area contributed by atoms with Crippen LogP contribution in [0.5, 0.6) is 0 Å². The van der Waals surface area contributed by atoms with E-state index in [2.05, 4.69) is 22.4 Å². The van der Waals surface area contributed by atoms with Gasteiger partial charge in [0.25, 0.3) is 0 Å². The van der Waals surface area contributed by atoms with Crippen molar-refractivity contribution in [3.05, 3.63) is 22.4 Å². The smallest absolute Gasteiger partial charge is 0.248 e. The highest BCUT2D eigenvalue weighted by Crippen LogP contribution is 2.20. The highest BCUT2D eigenvalue weighted by molar-refractivity contribution is 7.09. The maximum atomic E-state index is 12.2. The molecule has 0 bridgehead atoms. The first kappa shape index (κ1) is 16.0. The fraction of sp³-hybridized carbons (Fsp3) is 0.706. The summed E-state index contributed by atoms with van der Waals surface area (Å²) in [6, 6.07) is 4.28. The van der Waals surface area contributed by atoms with Crippen molar-refractivity contribution in [1.29, 1.82) is 0 Å². The van der Waals surface area contributed by atoms with E-state index < -0.39 is 0 Å². The van der Waals surface area contributed by atoms with Crippen LogP contribution >= 0.6 is 11.3 Å². The van der Waals surface area contributed by atoms with Crippen LogP contribution < -0.4 is 0 Å². The van der Waals surface area contributed by atoms with Gasteiger partial charge in [-0.05, 0) is 24.3 Å². The average molecular weight is 322 g/mol. The van der Waals surface area contributed by atoms with Crippen molar-refractivity contribution in [3.63, 3.8) is 0 Å². The lowest BCUT2D eigenvalue weighted by Crippen LogP contribution is -2.49. The molecule has 122 valence electrons. The Morgan fingerprint density at radius 3 is 2.64 bits per heavy atom. The molecular weight excluding hydrogens is 296 g/mol. The number of hydrogen-bond acceptors (Lipinski definition) is 4. The number of carbonyl (C=O) groups is 1. The molecule has 1 aliphatic heterocycles. The molecule has 0 spiro atoms. The molecule has 1 aromatic heterocycles. The summed E-state index contributed by atoms with van der Waals surface area (Å²) in [5.41, 5.74) is 0. The Balaban J connectivity index is 1.36. The number of amides is 1. The third kappa shape index (κ3) is 4.54. The molecule has 1 saturated heterocycles. The van der Waals surface area contributed by atoms with E-state index in [0.29, 0.717) is 6.10 Å². The van der Waals surface area contributed by atoms with Crippen LogP contribution in [-0.2, 0) is 16.1 Å². The second kappa shape index (κ2) is 8.09. The van der Waals surface area contributed by atoms with Gasteiger partial charge in [0, 0.05) is 37.6 Å². The molecule has 2 aliphatic rings. The number of rotatable bonds is 5. The number of nitrogens with zero attached hydrogens (tertiary/aromatic N) is 2. The zero-order chi connectivity index (χ0) is 15.2. The maximum absolute atomic E-state index is 12.2. The van der Waals surface area contributed by atoms with Gasteiger partial charge in [0.05, 0.1) is 6.10 Å². The standard InChI is InChI=1S/C17H26N2O2S/c20-17(14-21-15-5-2-1-3-6-15)19-10-8-18(9-11-19)13-16-7-4-12-22-16/h4,7,12,15H,1-3,5-6,8-11,13-14H2. The van der Waals surface area contributed by atoms with Gasteiger partial charge in [0.2, 0.25) is 5.91 Å². The van der Waals surface area contributed by atoms with E-state index >= 15 is 0 Å². The Kier molecular flexibility index (Phi) is 5.87. The van der Waals surface area contributed by atoms with E-state index in [1.807, 2.05) is 4.90 Å². The van der Waals surface area contributed by atoms with Gasteiger partial charge < -0.3 is 9.64 Å². The molecule has 1 aromatic rings. The molecule has 1 amide bonds. The zero-order valence-corrected chi connectivity index (χ0v) is 14.0. The van der Waals surface area contributed by atoms with Gasteiger partial charge in [-0.2, -0.15) is 0 Å². The van der Waals surface area contributed by atoms with Crippen molar-refractivity contribution in [2.45, 2.75) is 44.8 Å². The Morgan fingerprint density at radius 2 is 1.95 bits per heavy atom. The monoisotopic (exact) mass is 322 g/mol. The molecule has 0 atom stereocenters. The Morgan fingerprint density at radius 1 is 1.18 bits per heavy atom. The summed E-state index contributed by atoms with van der Waals surface area (Å²) in [5, 5.41) is 2.12. The second-order valence-corrected chi connectivity index (χ2v) is 7.34. The van der Waals surface area contributed by atoms with Crippen LogP contribution in [-0.4, -0.2) is 54.6 Å². The minimum Gasteiger partial charge on any atom is -0.368 e. The number of thiophene rings is 1. The molecule has 0 aromatic carbocycles. The van der Waals surface area contributed by atoms with Gasteiger partial charge in [0.1, 0.15) is 6.61 Å². The first-order valence-corrected chi connectivity index (χ1v) is 9.33. The first-order valence-electron chi connectivity index (χ1n) is 8.45. The van der Waals surface area contributed by atoms with Crippen molar-refractivity contribution in [2.24, 2.45) is 0 Å². The van der Waals surface area contributed by atoms with Gasteiger partial charge in [-0.25, -0.2) is 0 Å². The molecule has 2 fully saturated rings. The molecular formula is C17H26N2O2S. The van der Waals surface area contributed by atoms with Gasteiger partial charge in [-0.15, -0.1) is 11.3 Å². The normalized spacial score (nSPS) is 21.2. The summed E-state index contributed by atoms with van der Waals surface area (Å²) in [6.07, 6.45) is 6.39. The molecule has 4 nitrogen and oxygen atoms in total. The molecule has 0 radical (unpaired) electrons. The predicted octanol–water partition coefficient (Wildman–Crippen LogP) is 2.74. The van der Waals surface area contributed by atoms with Crippen LogP contribution in [0.25, 0.3) is 0 Å². The van der Waals surface area contributed by atoms with E-state index in [-0.39, 0.29) is 12.5 Å². The number of ether oxygens (including phenoxy) is 1. The van der Waals surface area contributed by atoms with Crippen molar-refractivity contribution in [2.75, 3.05) is 32.8 Å². The van der Waals surface area contributed by atoms with E-state index in [9.17, 15) is 4.79 Å². The molecule has 3 rings (SSSR count). The summed E-state index contributed by atoms with van der Waals surface area (Å²) in [7, 11) is 0. The summed E-state index contributed by atoms with van der Waals surface area (Å²) >= 11 is 1.81. The summed E-state index contributed by atoms with van der Waals surface area (Å²) in [6.45, 7) is 4.88. The van der Waals surface area contributed by atoms with Crippen molar-refractivity contribution in [1.82, 2.24) is 9.80 Å². The van der Waals surface area contributed by atoms with E-state index in [0.717, 1.165) is 45.6 Å². The van der Waals surface area contributed by atoms with Crippen LogP contribution in [0.2, 0.25) is 0 Å². The first-order chi connectivity index (χ1) is 10.8. The highest BCUT2D eigenvalue weighted by atomic mass is 32.1. The lowest BCUT2D eigenvalue weighted by atomic mass is 9.98. The fourth-order valence-corrected chi connectivity index (χ4v) is 4.04. The second-order valence-electron chi connectivity index (χ2n) is 6.31. The largest absolute Gasteiger partial charge is 0.368 e. The van der Waals surface area contributed by atoms with Crippen LogP contribution in [0.3, 0.4) is 0 Å². The number of carbonyl (C=O) groups excluding carboxylic acids is 1. The van der Waals surface area contributed by atoms with Gasteiger partial charge in [0.15, 0.2) is 0 Å². The molecule has 1 aliphatic carbocycles. The average Bonchev–Trinajstić information content (AvgIpc) is 3.07. The van der Waals surface area contributed by atoms with Crippen LogP contribution in [0, 0.1) is 0 Å². The van der Waals surface area contributed by atoms with Crippen LogP contribution in [0.1, 0.15) is 37.0 Å². The Hall–Kier alpha value is -0.910. The molecule has 2 heterocycles. The Labute approximate surface area is 137 Å². The lowest BCUT2D eigenvalue weighted by molar-refractivity contribution is -0.140. The summed E-state index contributed by atoms with van der Waals surface area (Å²) in [5.74, 6) is 0.168. The summed E-state index contributed by atoms with van der Waals surface area (Å²) < 4.78 is 5.81. The minimum absolute atomic E-state index is 0.168. The SMILES string of the molecule is O=C(COC1CCCCC1)N1CCN(Cc2cccs2)CC1. The zero-order valence-electron chi connectivity index (χ0n) is 13.2. The Bertz CT molecular complexity index is 449. The molecule has 5 heteroatoms. The molecule has 0 N–H and O–H groups in total. The van der Waals surface area contributed by atoms with Crippen LogP contribution in [0.4, 0.5) is 0 Å². The topological polar surface area (TPSA) is 32.8 Å². The van der Waals surface area contributed by atoms with Gasteiger partial charge in [-0.3, -0.25) is 9.69 Å². The van der Waals surface area contributed by atoms with Crippen molar-refractivity contribution >= 4 is 17.2 Å². The van der Waals surface area contributed by atoms with Gasteiger partial charge in [-0.1, -0.05) is 25.3 Å². The lowest BCUT2D eigenvalue weighted by Gasteiger charge is -2.34. The third-order valence-corrected chi connectivity index (χ3v) is 5.54. The van der Waals surface area contributed by atoms with E-state index in [1.165, 1.54) is 24.1 Å². The summed E-state index contributed by atoms with van der Waals surface area (Å²) in [4.78, 5) is 18.0. The molecule has 1 saturated carbocycles. The fourth-order valence-electron chi connectivity index (χ4n) is 3.29. The van der Waals surface area contributed by atoms with Crippen LogP contribution in [0.15, 0.2) is 17.5 Å². The molecule has 0 unspecified atom stereocenters. The number of piperazine rings is 1.